The fourth-order valence-corrected chi connectivity index (χ4v) is 4.68. The van der Waals surface area contributed by atoms with Crippen molar-refractivity contribution in [2.75, 3.05) is 13.6 Å². The summed E-state index contributed by atoms with van der Waals surface area (Å²) in [6.45, 7) is 1.40. The van der Waals surface area contributed by atoms with E-state index in [1.807, 2.05) is 0 Å². The van der Waals surface area contributed by atoms with Crippen molar-refractivity contribution in [3.63, 3.8) is 0 Å². The number of fused-ring (bicyclic) bond motifs is 2. The number of hydrogen-bond donors (Lipinski definition) is 1. The van der Waals surface area contributed by atoms with Gasteiger partial charge < -0.3 is 5.32 Å². The molecule has 2 atom stereocenters. The smallest absolute Gasteiger partial charge is 0.0114 e. The monoisotopic (exact) mass is 250 g/mol. The lowest BCUT2D eigenvalue weighted by Gasteiger charge is -2.39. The Kier molecular flexibility index (Phi) is 4.25. The summed E-state index contributed by atoms with van der Waals surface area (Å²) in [6, 6.07) is 2.61. The summed E-state index contributed by atoms with van der Waals surface area (Å²) in [4.78, 5) is 2.88. The Hall–Kier alpha value is -0.0800. The average molecular weight is 250 g/mol. The van der Waals surface area contributed by atoms with Crippen LogP contribution in [0.1, 0.15) is 64.2 Å². The van der Waals surface area contributed by atoms with Crippen LogP contribution in [0.5, 0.6) is 0 Å². The molecule has 2 unspecified atom stereocenters. The van der Waals surface area contributed by atoms with Crippen LogP contribution in [-0.4, -0.2) is 36.6 Å². The van der Waals surface area contributed by atoms with Gasteiger partial charge in [-0.05, 0) is 51.6 Å². The van der Waals surface area contributed by atoms with Crippen LogP contribution in [-0.2, 0) is 0 Å². The second-order valence-electron chi connectivity index (χ2n) is 6.87. The van der Waals surface area contributed by atoms with E-state index in [9.17, 15) is 0 Å². The van der Waals surface area contributed by atoms with Gasteiger partial charge in [0.1, 0.15) is 0 Å². The summed E-state index contributed by atoms with van der Waals surface area (Å²) in [7, 11) is 2.14. The number of nitrogens with zero attached hydrogens (tertiary/aromatic N) is 1. The topological polar surface area (TPSA) is 15.3 Å². The molecular weight excluding hydrogens is 220 g/mol. The van der Waals surface area contributed by atoms with Crippen LogP contribution in [0.4, 0.5) is 0 Å². The molecule has 2 nitrogen and oxygen atoms in total. The van der Waals surface area contributed by atoms with Gasteiger partial charge in [0.2, 0.25) is 0 Å². The molecule has 0 radical (unpaired) electrons. The molecule has 2 heteroatoms. The van der Waals surface area contributed by atoms with Crippen molar-refractivity contribution >= 4 is 0 Å². The van der Waals surface area contributed by atoms with E-state index in [4.69, 9.17) is 0 Å². The van der Waals surface area contributed by atoms with Crippen molar-refractivity contribution in [2.24, 2.45) is 5.92 Å². The maximum atomic E-state index is 3.50. The molecule has 0 aromatic rings. The molecule has 1 aliphatic carbocycles. The van der Waals surface area contributed by atoms with Crippen LogP contribution in [0.25, 0.3) is 0 Å². The van der Waals surface area contributed by atoms with Crippen LogP contribution in [0.2, 0.25) is 0 Å². The highest BCUT2D eigenvalue weighted by Gasteiger charge is 2.39. The minimum atomic E-state index is 0.799. The third kappa shape index (κ3) is 2.75. The fourth-order valence-electron chi connectivity index (χ4n) is 4.68. The third-order valence-corrected chi connectivity index (χ3v) is 5.81. The molecule has 1 N–H and O–H groups in total. The lowest BCUT2D eigenvalue weighted by atomic mass is 9.86. The summed E-state index contributed by atoms with van der Waals surface area (Å²) >= 11 is 0. The molecule has 2 heterocycles. The standard InChI is InChI=1S/C16H30N2/c1-17-14-11-15-7-8-16(12-14)18(15)10-9-13-5-3-2-4-6-13/h13-17H,2-12H2,1H3. The molecule has 3 aliphatic rings. The Morgan fingerprint density at radius 3 is 2.22 bits per heavy atom. The quantitative estimate of drug-likeness (QED) is 0.824. The Labute approximate surface area is 113 Å². The minimum Gasteiger partial charge on any atom is -0.317 e. The highest BCUT2D eigenvalue weighted by Crippen LogP contribution is 2.36. The summed E-state index contributed by atoms with van der Waals surface area (Å²) in [6.07, 6.45) is 14.7. The lowest BCUT2D eigenvalue weighted by Crippen LogP contribution is -2.48. The molecule has 3 fully saturated rings. The first-order valence-electron chi connectivity index (χ1n) is 8.30. The van der Waals surface area contributed by atoms with Gasteiger partial charge in [0, 0.05) is 18.1 Å². The molecular formula is C16H30N2. The van der Waals surface area contributed by atoms with Crippen LogP contribution >= 0.6 is 0 Å². The van der Waals surface area contributed by atoms with Gasteiger partial charge in [0.15, 0.2) is 0 Å². The van der Waals surface area contributed by atoms with Gasteiger partial charge in [0.05, 0.1) is 0 Å². The molecule has 0 aromatic heterocycles. The van der Waals surface area contributed by atoms with Crippen LogP contribution in [0.3, 0.4) is 0 Å². The predicted octanol–water partition coefficient (Wildman–Crippen LogP) is 3.17. The highest BCUT2D eigenvalue weighted by molar-refractivity contribution is 4.97. The van der Waals surface area contributed by atoms with E-state index in [2.05, 4.69) is 17.3 Å². The first-order valence-corrected chi connectivity index (χ1v) is 8.30. The maximum Gasteiger partial charge on any atom is 0.0114 e. The molecule has 0 spiro atoms. The lowest BCUT2D eigenvalue weighted by molar-refractivity contribution is 0.108. The predicted molar refractivity (Wildman–Crippen MR) is 76.8 cm³/mol. The zero-order valence-corrected chi connectivity index (χ0v) is 12.0. The molecule has 18 heavy (non-hydrogen) atoms. The van der Waals surface area contributed by atoms with Crippen LogP contribution in [0.15, 0.2) is 0 Å². The molecule has 2 saturated heterocycles. The van der Waals surface area contributed by atoms with Crippen molar-refractivity contribution in [2.45, 2.75) is 82.3 Å². The Bertz CT molecular complexity index is 246. The molecule has 1 saturated carbocycles. The van der Waals surface area contributed by atoms with Gasteiger partial charge in [-0.1, -0.05) is 32.1 Å². The van der Waals surface area contributed by atoms with E-state index in [0.717, 1.165) is 24.0 Å². The van der Waals surface area contributed by atoms with Crippen molar-refractivity contribution < 1.29 is 0 Å². The van der Waals surface area contributed by atoms with Gasteiger partial charge >= 0.3 is 0 Å². The first-order chi connectivity index (χ1) is 8.86. The maximum absolute atomic E-state index is 3.50. The van der Waals surface area contributed by atoms with Crippen molar-refractivity contribution in [3.8, 4) is 0 Å². The average Bonchev–Trinajstić information content (AvgIpc) is 2.66. The number of piperidine rings is 1. The molecule has 2 bridgehead atoms. The molecule has 0 amide bonds. The van der Waals surface area contributed by atoms with Gasteiger partial charge in [0.25, 0.3) is 0 Å². The van der Waals surface area contributed by atoms with E-state index in [1.54, 1.807) is 0 Å². The summed E-state index contributed by atoms with van der Waals surface area (Å²) in [5.41, 5.74) is 0. The first kappa shape index (κ1) is 12.9. The minimum absolute atomic E-state index is 0.799. The number of hydrogen-bond acceptors (Lipinski definition) is 2. The Balaban J connectivity index is 1.48. The second-order valence-corrected chi connectivity index (χ2v) is 6.87. The zero-order chi connectivity index (χ0) is 12.4. The summed E-state index contributed by atoms with van der Waals surface area (Å²) in [5.74, 6) is 1.06. The van der Waals surface area contributed by atoms with Gasteiger partial charge in [-0.15, -0.1) is 0 Å². The summed E-state index contributed by atoms with van der Waals surface area (Å²) in [5, 5.41) is 3.50. The van der Waals surface area contributed by atoms with Gasteiger partial charge in [-0.3, -0.25) is 4.90 Å². The van der Waals surface area contributed by atoms with E-state index >= 15 is 0 Å². The number of rotatable bonds is 4. The van der Waals surface area contributed by atoms with E-state index < -0.39 is 0 Å². The van der Waals surface area contributed by atoms with Crippen molar-refractivity contribution in [1.82, 2.24) is 10.2 Å². The SMILES string of the molecule is CNC1CC2CCC(C1)N2CCC1CCCCC1. The third-order valence-electron chi connectivity index (χ3n) is 5.81. The van der Waals surface area contributed by atoms with Crippen LogP contribution in [0, 0.1) is 5.92 Å². The Morgan fingerprint density at radius 1 is 0.944 bits per heavy atom. The largest absolute Gasteiger partial charge is 0.317 e. The molecule has 2 aliphatic heterocycles. The summed E-state index contributed by atoms with van der Waals surface area (Å²) < 4.78 is 0. The van der Waals surface area contributed by atoms with Gasteiger partial charge in [-0.2, -0.15) is 0 Å². The van der Waals surface area contributed by atoms with E-state index in [-0.39, 0.29) is 0 Å². The van der Waals surface area contributed by atoms with Crippen LogP contribution < -0.4 is 5.32 Å². The normalized spacial score (nSPS) is 38.2. The van der Waals surface area contributed by atoms with Crippen molar-refractivity contribution in [3.05, 3.63) is 0 Å². The second kappa shape index (κ2) is 5.92. The molecule has 3 rings (SSSR count). The Morgan fingerprint density at radius 2 is 1.61 bits per heavy atom. The highest BCUT2D eigenvalue weighted by atomic mass is 15.2. The van der Waals surface area contributed by atoms with Crippen molar-refractivity contribution in [1.29, 1.82) is 0 Å². The molecule has 0 aromatic carbocycles. The van der Waals surface area contributed by atoms with Gasteiger partial charge in [-0.25, -0.2) is 0 Å². The van der Waals surface area contributed by atoms with E-state index in [1.165, 1.54) is 70.8 Å². The number of nitrogens with one attached hydrogen (secondary N) is 1. The zero-order valence-electron chi connectivity index (χ0n) is 12.0. The molecule has 104 valence electrons. The van der Waals surface area contributed by atoms with E-state index in [0.29, 0.717) is 0 Å². The fraction of sp³-hybridized carbons (Fsp3) is 1.00.